The van der Waals surface area contributed by atoms with Crippen molar-refractivity contribution in [2.24, 2.45) is 5.92 Å². The minimum Gasteiger partial charge on any atom is -0.343 e. The van der Waals surface area contributed by atoms with Gasteiger partial charge in [0.15, 0.2) is 0 Å². The lowest BCUT2D eigenvalue weighted by molar-refractivity contribution is -0.0736. The smallest absolute Gasteiger partial charge is 0.255 e. The summed E-state index contributed by atoms with van der Waals surface area (Å²) in [6, 6.07) is 18.4. The van der Waals surface area contributed by atoms with E-state index in [-0.39, 0.29) is 5.91 Å². The molecule has 0 heterocycles. The number of carbonyl (C=O) groups is 1. The van der Waals surface area contributed by atoms with Gasteiger partial charge in [-0.3, -0.25) is 4.79 Å². The molecule has 0 saturated heterocycles. The highest BCUT2D eigenvalue weighted by Crippen LogP contribution is 2.20. The number of anilines is 1. The molecule has 0 saturated carbocycles. The summed E-state index contributed by atoms with van der Waals surface area (Å²) >= 11 is 0. The third-order valence-electron chi connectivity index (χ3n) is 4.24. The number of hydroxylamine groups is 2. The first-order chi connectivity index (χ1) is 12.8. The summed E-state index contributed by atoms with van der Waals surface area (Å²) in [6.07, 6.45) is 0. The van der Waals surface area contributed by atoms with Gasteiger partial charge in [-0.05, 0) is 54.9 Å². The Balaban J connectivity index is 1.96. The molecule has 4 nitrogen and oxygen atoms in total. The van der Waals surface area contributed by atoms with Crippen molar-refractivity contribution in [3.05, 3.63) is 65.7 Å². The lowest BCUT2D eigenvalue weighted by atomic mass is 10.1. The van der Waals surface area contributed by atoms with Gasteiger partial charge in [0.2, 0.25) is 8.32 Å². The van der Waals surface area contributed by atoms with Gasteiger partial charge in [0.05, 0.1) is 0 Å². The monoisotopic (exact) mass is 384 g/mol. The van der Waals surface area contributed by atoms with Gasteiger partial charge in [-0.2, -0.15) is 5.06 Å². The van der Waals surface area contributed by atoms with Crippen LogP contribution in [0, 0.1) is 5.92 Å². The zero-order valence-electron chi connectivity index (χ0n) is 17.2. The van der Waals surface area contributed by atoms with Crippen molar-refractivity contribution in [3.63, 3.8) is 0 Å². The van der Waals surface area contributed by atoms with E-state index in [1.165, 1.54) is 0 Å². The Kier molecular flexibility index (Phi) is 7.77. The maximum Gasteiger partial charge on any atom is 0.255 e. The Morgan fingerprint density at radius 3 is 2.26 bits per heavy atom. The molecule has 0 spiro atoms. The molecule has 2 rings (SSSR count). The van der Waals surface area contributed by atoms with Gasteiger partial charge >= 0.3 is 0 Å². The minimum absolute atomic E-state index is 0.0955. The Morgan fingerprint density at radius 2 is 1.70 bits per heavy atom. The highest BCUT2D eigenvalue weighted by Gasteiger charge is 2.27. The van der Waals surface area contributed by atoms with Gasteiger partial charge in [0.25, 0.3) is 5.91 Å². The largest absolute Gasteiger partial charge is 0.343 e. The standard InChI is InChI=1S/C22H32N2O2Si/c1-6-24(26-27(4,5)17-18(2)3)16-19-12-14-20(15-13-19)22(25)23-21-10-8-7-9-11-21/h7-15,18H,6,16-17H2,1-5H3,(H,23,25). The van der Waals surface area contributed by atoms with Crippen molar-refractivity contribution in [1.29, 1.82) is 0 Å². The normalized spacial score (nSPS) is 11.8. The predicted molar refractivity (Wildman–Crippen MR) is 115 cm³/mol. The highest BCUT2D eigenvalue weighted by atomic mass is 28.4. The first kappa shape index (κ1) is 21.3. The molecule has 1 amide bonds. The molecule has 2 aromatic carbocycles. The van der Waals surface area contributed by atoms with E-state index >= 15 is 0 Å². The van der Waals surface area contributed by atoms with E-state index in [1.807, 2.05) is 59.7 Å². The lowest BCUT2D eigenvalue weighted by Gasteiger charge is -2.32. The van der Waals surface area contributed by atoms with Crippen molar-refractivity contribution in [2.75, 3.05) is 11.9 Å². The predicted octanol–water partition coefficient (Wildman–Crippen LogP) is 5.55. The molecule has 0 radical (unpaired) electrons. The molecule has 0 aliphatic heterocycles. The number of rotatable bonds is 9. The van der Waals surface area contributed by atoms with E-state index < -0.39 is 8.32 Å². The Morgan fingerprint density at radius 1 is 1.07 bits per heavy atom. The maximum atomic E-state index is 12.4. The van der Waals surface area contributed by atoms with E-state index in [0.717, 1.165) is 30.4 Å². The number of hydrogen-bond donors (Lipinski definition) is 1. The molecule has 0 aliphatic rings. The van der Waals surface area contributed by atoms with E-state index in [0.29, 0.717) is 11.5 Å². The van der Waals surface area contributed by atoms with Crippen LogP contribution in [0.1, 0.15) is 36.7 Å². The van der Waals surface area contributed by atoms with Crippen LogP contribution in [0.15, 0.2) is 54.6 Å². The van der Waals surface area contributed by atoms with Gasteiger partial charge in [-0.1, -0.05) is 51.1 Å². The van der Waals surface area contributed by atoms with E-state index in [9.17, 15) is 4.79 Å². The third-order valence-corrected chi connectivity index (χ3v) is 6.79. The third kappa shape index (κ3) is 7.29. The van der Waals surface area contributed by atoms with Crippen molar-refractivity contribution < 1.29 is 9.32 Å². The van der Waals surface area contributed by atoms with Crippen LogP contribution in [-0.4, -0.2) is 25.8 Å². The van der Waals surface area contributed by atoms with Crippen LogP contribution in [0.3, 0.4) is 0 Å². The van der Waals surface area contributed by atoms with Crippen LogP contribution in [0.5, 0.6) is 0 Å². The number of benzene rings is 2. The summed E-state index contributed by atoms with van der Waals surface area (Å²) in [4.78, 5) is 12.4. The summed E-state index contributed by atoms with van der Waals surface area (Å²) in [5.41, 5.74) is 2.60. The average Bonchev–Trinajstić information content (AvgIpc) is 2.61. The van der Waals surface area contributed by atoms with Gasteiger partial charge < -0.3 is 9.84 Å². The van der Waals surface area contributed by atoms with E-state index in [4.69, 9.17) is 4.53 Å². The fraction of sp³-hybridized carbons (Fsp3) is 0.409. The molecule has 0 atom stereocenters. The van der Waals surface area contributed by atoms with Crippen LogP contribution in [0.4, 0.5) is 5.69 Å². The topological polar surface area (TPSA) is 41.6 Å². The summed E-state index contributed by atoms with van der Waals surface area (Å²) in [7, 11) is -1.71. The fourth-order valence-corrected chi connectivity index (χ4v) is 6.20. The number of para-hydroxylation sites is 1. The van der Waals surface area contributed by atoms with Crippen molar-refractivity contribution >= 4 is 19.9 Å². The molecule has 0 unspecified atom stereocenters. The first-order valence-electron chi connectivity index (χ1n) is 9.68. The lowest BCUT2D eigenvalue weighted by Crippen LogP contribution is -2.40. The van der Waals surface area contributed by atoms with E-state index in [2.05, 4.69) is 39.2 Å². The summed E-state index contributed by atoms with van der Waals surface area (Å²) in [5, 5.41) is 4.96. The summed E-state index contributed by atoms with van der Waals surface area (Å²) < 4.78 is 6.35. The maximum absolute atomic E-state index is 12.4. The van der Waals surface area contributed by atoms with Crippen LogP contribution in [0.25, 0.3) is 0 Å². The molecule has 0 bridgehead atoms. The summed E-state index contributed by atoms with van der Waals surface area (Å²) in [6.45, 7) is 12.7. The molecule has 0 fully saturated rings. The van der Waals surface area contributed by atoms with Crippen LogP contribution in [-0.2, 0) is 11.1 Å². The number of nitrogens with one attached hydrogen (secondary N) is 1. The number of amides is 1. The second kappa shape index (κ2) is 9.83. The molecular formula is C22H32N2O2Si. The number of carbonyl (C=O) groups excluding carboxylic acids is 1. The number of nitrogens with zero attached hydrogens (tertiary/aromatic N) is 1. The molecule has 0 aromatic heterocycles. The van der Waals surface area contributed by atoms with Crippen LogP contribution >= 0.6 is 0 Å². The molecule has 146 valence electrons. The Labute approximate surface area is 164 Å². The molecule has 5 heteroatoms. The van der Waals surface area contributed by atoms with Crippen molar-refractivity contribution in [2.45, 2.75) is 46.5 Å². The average molecular weight is 385 g/mol. The SMILES string of the molecule is CCN(Cc1ccc(C(=O)Nc2ccccc2)cc1)O[Si](C)(C)CC(C)C. The van der Waals surface area contributed by atoms with Crippen molar-refractivity contribution in [3.8, 4) is 0 Å². The molecule has 0 aliphatic carbocycles. The minimum atomic E-state index is -1.71. The van der Waals surface area contributed by atoms with Gasteiger partial charge in [0, 0.05) is 24.3 Å². The van der Waals surface area contributed by atoms with Gasteiger partial charge in [0.1, 0.15) is 0 Å². The van der Waals surface area contributed by atoms with Gasteiger partial charge in [-0.15, -0.1) is 0 Å². The zero-order valence-corrected chi connectivity index (χ0v) is 18.2. The zero-order chi connectivity index (χ0) is 19.9. The number of hydrogen-bond acceptors (Lipinski definition) is 3. The van der Waals surface area contributed by atoms with E-state index in [1.54, 1.807) is 0 Å². The Bertz CT molecular complexity index is 715. The molecule has 2 aromatic rings. The van der Waals surface area contributed by atoms with Crippen LogP contribution in [0.2, 0.25) is 19.1 Å². The fourth-order valence-electron chi connectivity index (χ4n) is 3.27. The second-order valence-electron chi connectivity index (χ2n) is 7.92. The first-order valence-corrected chi connectivity index (χ1v) is 12.8. The van der Waals surface area contributed by atoms with Crippen molar-refractivity contribution in [1.82, 2.24) is 5.06 Å². The summed E-state index contributed by atoms with van der Waals surface area (Å²) in [5.74, 6) is 0.551. The Hall–Kier alpha value is -1.95. The molecular weight excluding hydrogens is 352 g/mol. The quantitative estimate of drug-likeness (QED) is 0.455. The van der Waals surface area contributed by atoms with Crippen LogP contribution < -0.4 is 5.32 Å². The molecule has 27 heavy (non-hydrogen) atoms. The van der Waals surface area contributed by atoms with Gasteiger partial charge in [-0.25, -0.2) is 0 Å². The second-order valence-corrected chi connectivity index (χ2v) is 12.0. The highest BCUT2D eigenvalue weighted by molar-refractivity contribution is 6.71. The molecule has 1 N–H and O–H groups in total.